The Labute approximate surface area is 129 Å². The molecule has 0 radical (unpaired) electrons. The lowest BCUT2D eigenvalue weighted by Gasteiger charge is -2.12. The van der Waals surface area contributed by atoms with E-state index in [-0.39, 0.29) is 24.0 Å². The van der Waals surface area contributed by atoms with Crippen LogP contribution in [-0.4, -0.2) is 38.8 Å². The van der Waals surface area contributed by atoms with Crippen molar-refractivity contribution in [3.8, 4) is 0 Å². The second kappa shape index (κ2) is 15.0. The lowest BCUT2D eigenvalue weighted by Crippen LogP contribution is -2.38. The molecule has 0 aromatic heterocycles. The van der Waals surface area contributed by atoms with Gasteiger partial charge in [0.1, 0.15) is 0 Å². The van der Waals surface area contributed by atoms with Gasteiger partial charge in [0.25, 0.3) is 0 Å². The molecule has 2 N–H and O–H groups in total. The number of nitrogens with zero attached hydrogens (tertiary/aromatic N) is 1. The van der Waals surface area contributed by atoms with E-state index in [1.54, 1.807) is 0 Å². The van der Waals surface area contributed by atoms with Crippen LogP contribution in [0.5, 0.6) is 0 Å². The highest BCUT2D eigenvalue weighted by molar-refractivity contribution is 14.0. The van der Waals surface area contributed by atoms with Gasteiger partial charge in [-0.1, -0.05) is 13.8 Å². The average Bonchev–Trinajstić information content (AvgIpc) is 2.28. The highest BCUT2D eigenvalue weighted by Gasteiger charge is 1.97. The minimum Gasteiger partial charge on any atom is -0.382 e. The van der Waals surface area contributed by atoms with Crippen molar-refractivity contribution in [2.45, 2.75) is 40.5 Å². The molecule has 5 heteroatoms. The van der Waals surface area contributed by atoms with Crippen molar-refractivity contribution in [3.05, 3.63) is 0 Å². The molecule has 0 spiro atoms. The van der Waals surface area contributed by atoms with E-state index in [1.165, 1.54) is 6.42 Å². The first-order valence-corrected chi connectivity index (χ1v) is 6.80. The third-order valence-corrected chi connectivity index (χ3v) is 2.28. The van der Waals surface area contributed by atoms with E-state index in [4.69, 9.17) is 4.74 Å². The molecule has 0 fully saturated rings. The normalized spacial score (nSPS) is 11.3. The van der Waals surface area contributed by atoms with Crippen LogP contribution in [0.2, 0.25) is 0 Å². The van der Waals surface area contributed by atoms with Gasteiger partial charge >= 0.3 is 0 Å². The first kappa shape index (κ1) is 20.3. The molecule has 0 saturated carbocycles. The van der Waals surface area contributed by atoms with Crippen molar-refractivity contribution in [1.29, 1.82) is 0 Å². The zero-order valence-corrected chi connectivity index (χ0v) is 14.6. The van der Waals surface area contributed by atoms with E-state index in [2.05, 4.69) is 36.4 Å². The number of ether oxygens (including phenoxy) is 1. The number of halogens is 1. The monoisotopic (exact) mass is 371 g/mol. The molecule has 0 unspecified atom stereocenters. The average molecular weight is 371 g/mol. The van der Waals surface area contributed by atoms with Crippen LogP contribution in [0.15, 0.2) is 4.99 Å². The van der Waals surface area contributed by atoms with Crippen LogP contribution < -0.4 is 10.6 Å². The van der Waals surface area contributed by atoms with E-state index in [1.807, 2.05) is 6.92 Å². The van der Waals surface area contributed by atoms with Crippen LogP contribution in [-0.2, 0) is 4.74 Å². The van der Waals surface area contributed by atoms with Gasteiger partial charge < -0.3 is 15.4 Å². The van der Waals surface area contributed by atoms with Gasteiger partial charge in [0.15, 0.2) is 5.96 Å². The Kier molecular flexibility index (Phi) is 16.9. The van der Waals surface area contributed by atoms with Crippen molar-refractivity contribution >= 4 is 29.9 Å². The number of nitrogens with one attached hydrogen (secondary N) is 2. The minimum atomic E-state index is 0. The lowest BCUT2D eigenvalue weighted by molar-refractivity contribution is 0.146. The zero-order chi connectivity index (χ0) is 12.9. The summed E-state index contributed by atoms with van der Waals surface area (Å²) in [6.45, 7) is 12.8. The number of hydrogen-bond donors (Lipinski definition) is 2. The summed E-state index contributed by atoms with van der Waals surface area (Å²) in [5.41, 5.74) is 0. The quantitative estimate of drug-likeness (QED) is 0.284. The standard InChI is InChI=1S/C13H29N3O.HI/c1-5-14-13(16-10-8-12(3)4)15-9-7-11-17-6-2;/h12H,5-11H2,1-4H3,(H2,14,15,16);1H. The van der Waals surface area contributed by atoms with Gasteiger partial charge in [-0.25, -0.2) is 0 Å². The van der Waals surface area contributed by atoms with Gasteiger partial charge in [0.2, 0.25) is 0 Å². The minimum absolute atomic E-state index is 0. The predicted octanol–water partition coefficient (Wildman–Crippen LogP) is 2.63. The summed E-state index contributed by atoms with van der Waals surface area (Å²) in [5, 5.41) is 6.59. The van der Waals surface area contributed by atoms with Crippen LogP contribution >= 0.6 is 24.0 Å². The molecule has 0 saturated heterocycles. The summed E-state index contributed by atoms with van der Waals surface area (Å²) < 4.78 is 5.28. The highest BCUT2D eigenvalue weighted by Crippen LogP contribution is 1.96. The number of guanidine groups is 1. The van der Waals surface area contributed by atoms with Crippen LogP contribution in [0, 0.1) is 5.92 Å². The molecule has 0 aromatic carbocycles. The number of rotatable bonds is 9. The van der Waals surface area contributed by atoms with Crippen molar-refractivity contribution in [1.82, 2.24) is 10.6 Å². The maximum absolute atomic E-state index is 5.28. The van der Waals surface area contributed by atoms with Crippen LogP contribution in [0.3, 0.4) is 0 Å². The highest BCUT2D eigenvalue weighted by atomic mass is 127. The summed E-state index contributed by atoms with van der Waals surface area (Å²) in [7, 11) is 0. The fourth-order valence-electron chi connectivity index (χ4n) is 1.32. The predicted molar refractivity (Wildman–Crippen MR) is 90.0 cm³/mol. The molecule has 18 heavy (non-hydrogen) atoms. The maximum Gasteiger partial charge on any atom is 0.191 e. The largest absolute Gasteiger partial charge is 0.382 e. The van der Waals surface area contributed by atoms with Crippen LogP contribution in [0.25, 0.3) is 0 Å². The zero-order valence-electron chi connectivity index (χ0n) is 12.3. The summed E-state index contributed by atoms with van der Waals surface area (Å²) in [5.74, 6) is 1.65. The fraction of sp³-hybridized carbons (Fsp3) is 0.923. The van der Waals surface area contributed by atoms with E-state index >= 15 is 0 Å². The van der Waals surface area contributed by atoms with Gasteiger partial charge in [-0.2, -0.15) is 0 Å². The second-order valence-electron chi connectivity index (χ2n) is 4.42. The molecular formula is C13H30IN3O. The number of hydrogen-bond acceptors (Lipinski definition) is 2. The first-order chi connectivity index (χ1) is 8.20. The molecule has 0 atom stereocenters. The van der Waals surface area contributed by atoms with Crippen LogP contribution in [0.1, 0.15) is 40.5 Å². The molecule has 0 aromatic rings. The number of aliphatic imine (C=N–C) groups is 1. The topological polar surface area (TPSA) is 45.7 Å². The van der Waals surface area contributed by atoms with Gasteiger partial charge in [0, 0.05) is 32.8 Å². The SMILES string of the molecule is CCNC(=NCCCOCC)NCCC(C)C.I. The van der Waals surface area contributed by atoms with E-state index in [9.17, 15) is 0 Å². The third-order valence-electron chi connectivity index (χ3n) is 2.28. The van der Waals surface area contributed by atoms with E-state index in [0.29, 0.717) is 0 Å². The Morgan fingerprint density at radius 1 is 1.22 bits per heavy atom. The molecule has 0 rings (SSSR count). The Bertz CT molecular complexity index is 199. The van der Waals surface area contributed by atoms with Crippen molar-refractivity contribution in [2.75, 3.05) is 32.8 Å². The molecule has 4 nitrogen and oxygen atoms in total. The smallest absolute Gasteiger partial charge is 0.191 e. The fourth-order valence-corrected chi connectivity index (χ4v) is 1.32. The van der Waals surface area contributed by atoms with Gasteiger partial charge in [-0.15, -0.1) is 24.0 Å². The van der Waals surface area contributed by atoms with E-state index < -0.39 is 0 Å². The molecule has 0 bridgehead atoms. The van der Waals surface area contributed by atoms with Gasteiger partial charge in [0.05, 0.1) is 0 Å². The Hall–Kier alpha value is -0.0400. The molecular weight excluding hydrogens is 341 g/mol. The molecule has 0 amide bonds. The van der Waals surface area contributed by atoms with Gasteiger partial charge in [-0.3, -0.25) is 4.99 Å². The van der Waals surface area contributed by atoms with Crippen molar-refractivity contribution in [3.63, 3.8) is 0 Å². The molecule has 0 aliphatic carbocycles. The first-order valence-electron chi connectivity index (χ1n) is 6.80. The maximum atomic E-state index is 5.28. The second-order valence-corrected chi connectivity index (χ2v) is 4.42. The van der Waals surface area contributed by atoms with E-state index in [0.717, 1.165) is 51.1 Å². The summed E-state index contributed by atoms with van der Waals surface area (Å²) in [4.78, 5) is 4.50. The molecule has 0 aliphatic heterocycles. The molecule has 110 valence electrons. The Morgan fingerprint density at radius 3 is 2.50 bits per heavy atom. The van der Waals surface area contributed by atoms with Gasteiger partial charge in [-0.05, 0) is 32.6 Å². The summed E-state index contributed by atoms with van der Waals surface area (Å²) in [6.07, 6.45) is 2.15. The van der Waals surface area contributed by atoms with Crippen LogP contribution in [0.4, 0.5) is 0 Å². The van der Waals surface area contributed by atoms with Crippen molar-refractivity contribution < 1.29 is 4.74 Å². The summed E-state index contributed by atoms with van der Waals surface area (Å²) in [6, 6.07) is 0. The third kappa shape index (κ3) is 14.0. The molecule has 0 heterocycles. The lowest BCUT2D eigenvalue weighted by atomic mass is 10.1. The Balaban J connectivity index is 0. The van der Waals surface area contributed by atoms with Crippen molar-refractivity contribution in [2.24, 2.45) is 10.9 Å². The summed E-state index contributed by atoms with van der Waals surface area (Å²) >= 11 is 0. The molecule has 0 aliphatic rings. The Morgan fingerprint density at radius 2 is 1.94 bits per heavy atom.